The number of carbonyl (C=O) groups excluding carboxylic acids is 2. The summed E-state index contributed by atoms with van der Waals surface area (Å²) >= 11 is 0. The lowest BCUT2D eigenvalue weighted by Crippen LogP contribution is -2.23. The molecule has 3 heteroatoms. The Bertz CT molecular complexity index is 342. The SMILES string of the molecule is CC1=C[C@H]2C[C@@H]1[C@@H]1C(=O)OC(=O)[C@H]12. The van der Waals surface area contributed by atoms with Crippen molar-refractivity contribution in [1.82, 2.24) is 0 Å². The van der Waals surface area contributed by atoms with E-state index in [1.165, 1.54) is 5.57 Å². The van der Waals surface area contributed by atoms with Gasteiger partial charge in [-0.1, -0.05) is 11.6 Å². The van der Waals surface area contributed by atoms with Gasteiger partial charge in [0.25, 0.3) is 0 Å². The molecule has 3 aliphatic rings. The molecule has 1 aliphatic heterocycles. The second kappa shape index (κ2) is 2.03. The highest BCUT2D eigenvalue weighted by Crippen LogP contribution is 2.54. The molecule has 2 fully saturated rings. The molecule has 0 aromatic heterocycles. The normalized spacial score (nSPS) is 46.4. The van der Waals surface area contributed by atoms with Crippen LogP contribution in [0.4, 0.5) is 0 Å². The average Bonchev–Trinajstić information content (AvgIpc) is 2.64. The highest BCUT2D eigenvalue weighted by atomic mass is 16.6. The highest BCUT2D eigenvalue weighted by molar-refractivity contribution is 5.98. The largest absolute Gasteiger partial charge is 0.393 e. The fraction of sp³-hybridized carbons (Fsp3) is 0.600. The van der Waals surface area contributed by atoms with E-state index in [1.54, 1.807) is 0 Å². The third-order valence-electron chi connectivity index (χ3n) is 3.62. The number of hydrogen-bond donors (Lipinski definition) is 0. The number of ether oxygens (including phenoxy) is 1. The molecule has 0 N–H and O–H groups in total. The summed E-state index contributed by atoms with van der Waals surface area (Å²) in [6.45, 7) is 2.04. The molecule has 0 unspecified atom stereocenters. The maximum atomic E-state index is 11.3. The van der Waals surface area contributed by atoms with Gasteiger partial charge in [-0.05, 0) is 25.2 Å². The van der Waals surface area contributed by atoms with Crippen LogP contribution in [-0.4, -0.2) is 11.9 Å². The predicted molar refractivity (Wildman–Crippen MR) is 43.4 cm³/mol. The molecule has 0 amide bonds. The molecule has 2 aliphatic carbocycles. The van der Waals surface area contributed by atoms with Crippen LogP contribution in [0.25, 0.3) is 0 Å². The Kier molecular flexibility index (Phi) is 1.14. The fourth-order valence-electron chi connectivity index (χ4n) is 3.07. The van der Waals surface area contributed by atoms with Gasteiger partial charge in [0.15, 0.2) is 0 Å². The van der Waals surface area contributed by atoms with Gasteiger partial charge in [-0.3, -0.25) is 9.59 Å². The standard InChI is InChI=1S/C10H10O3/c1-4-2-5-3-6(4)8-7(5)9(11)13-10(8)12/h2,5-8H,3H2,1H3/t5-,6-,7-,8-/m0/s1. The molecular weight excluding hydrogens is 168 g/mol. The minimum atomic E-state index is -0.300. The minimum Gasteiger partial charge on any atom is -0.393 e. The summed E-state index contributed by atoms with van der Waals surface area (Å²) in [6.07, 6.45) is 3.10. The minimum absolute atomic E-state index is 0.150. The van der Waals surface area contributed by atoms with Crippen LogP contribution in [-0.2, 0) is 14.3 Å². The first-order chi connectivity index (χ1) is 6.18. The molecule has 4 atom stereocenters. The van der Waals surface area contributed by atoms with E-state index in [0.29, 0.717) is 0 Å². The summed E-state index contributed by atoms with van der Waals surface area (Å²) in [6, 6.07) is 0. The molecule has 1 heterocycles. The molecule has 3 rings (SSSR count). The topological polar surface area (TPSA) is 43.4 Å². The van der Waals surface area contributed by atoms with Gasteiger partial charge in [-0.15, -0.1) is 0 Å². The number of fused-ring (bicyclic) bond motifs is 5. The van der Waals surface area contributed by atoms with Gasteiger partial charge in [-0.25, -0.2) is 0 Å². The van der Waals surface area contributed by atoms with E-state index >= 15 is 0 Å². The van der Waals surface area contributed by atoms with Gasteiger partial charge < -0.3 is 4.74 Å². The van der Waals surface area contributed by atoms with E-state index < -0.39 is 0 Å². The number of allylic oxidation sites excluding steroid dienone is 2. The number of hydrogen-bond acceptors (Lipinski definition) is 3. The second-order valence-corrected chi connectivity index (χ2v) is 4.21. The molecule has 0 aromatic carbocycles. The third kappa shape index (κ3) is 0.705. The number of rotatable bonds is 0. The van der Waals surface area contributed by atoms with Crippen molar-refractivity contribution >= 4 is 11.9 Å². The highest BCUT2D eigenvalue weighted by Gasteiger charge is 2.59. The van der Waals surface area contributed by atoms with Crippen molar-refractivity contribution in [2.45, 2.75) is 13.3 Å². The van der Waals surface area contributed by atoms with Gasteiger partial charge in [0.05, 0.1) is 11.8 Å². The lowest BCUT2D eigenvalue weighted by Gasteiger charge is -2.17. The maximum absolute atomic E-state index is 11.3. The number of cyclic esters (lactones) is 2. The van der Waals surface area contributed by atoms with Gasteiger partial charge in [0, 0.05) is 0 Å². The molecule has 1 saturated heterocycles. The quantitative estimate of drug-likeness (QED) is 0.314. The number of esters is 2. The Morgan fingerprint density at radius 1 is 1.31 bits per heavy atom. The Morgan fingerprint density at radius 3 is 2.77 bits per heavy atom. The molecular formula is C10H10O3. The Labute approximate surface area is 75.8 Å². The van der Waals surface area contributed by atoms with Gasteiger partial charge in [-0.2, -0.15) is 0 Å². The van der Waals surface area contributed by atoms with Crippen LogP contribution in [0.1, 0.15) is 13.3 Å². The van der Waals surface area contributed by atoms with Gasteiger partial charge >= 0.3 is 11.9 Å². The molecule has 0 radical (unpaired) electrons. The van der Waals surface area contributed by atoms with Crippen LogP contribution in [0.2, 0.25) is 0 Å². The van der Waals surface area contributed by atoms with Crippen molar-refractivity contribution in [3.63, 3.8) is 0 Å². The second-order valence-electron chi connectivity index (χ2n) is 4.21. The zero-order valence-electron chi connectivity index (χ0n) is 7.32. The first-order valence-electron chi connectivity index (χ1n) is 4.62. The van der Waals surface area contributed by atoms with Crippen molar-refractivity contribution in [1.29, 1.82) is 0 Å². The molecule has 0 aromatic rings. The van der Waals surface area contributed by atoms with Crippen molar-refractivity contribution in [2.75, 3.05) is 0 Å². The van der Waals surface area contributed by atoms with Gasteiger partial charge in [0.2, 0.25) is 0 Å². The summed E-state index contributed by atoms with van der Waals surface area (Å²) in [5.41, 5.74) is 1.26. The van der Waals surface area contributed by atoms with E-state index in [0.717, 1.165) is 6.42 Å². The van der Waals surface area contributed by atoms with E-state index in [1.807, 2.05) is 6.92 Å². The molecule has 2 bridgehead atoms. The summed E-state index contributed by atoms with van der Waals surface area (Å²) in [4.78, 5) is 22.6. The average molecular weight is 178 g/mol. The van der Waals surface area contributed by atoms with Crippen LogP contribution in [0, 0.1) is 23.7 Å². The van der Waals surface area contributed by atoms with E-state index in [2.05, 4.69) is 10.8 Å². The monoisotopic (exact) mass is 178 g/mol. The summed E-state index contributed by atoms with van der Waals surface area (Å²) in [5.74, 6) is -0.340. The van der Waals surface area contributed by atoms with Crippen LogP contribution in [0.15, 0.2) is 11.6 Å². The third-order valence-corrected chi connectivity index (χ3v) is 3.62. The van der Waals surface area contributed by atoms with Crippen LogP contribution >= 0.6 is 0 Å². The van der Waals surface area contributed by atoms with Crippen LogP contribution < -0.4 is 0 Å². The van der Waals surface area contributed by atoms with Crippen LogP contribution in [0.3, 0.4) is 0 Å². The summed E-state index contributed by atoms with van der Waals surface area (Å²) in [5, 5.41) is 0. The first kappa shape index (κ1) is 7.30. The van der Waals surface area contributed by atoms with E-state index in [-0.39, 0.29) is 35.6 Å². The molecule has 1 saturated carbocycles. The van der Waals surface area contributed by atoms with Crippen LogP contribution in [0.5, 0.6) is 0 Å². The molecule has 13 heavy (non-hydrogen) atoms. The van der Waals surface area contributed by atoms with Crippen molar-refractivity contribution < 1.29 is 14.3 Å². The lowest BCUT2D eigenvalue weighted by atomic mass is 9.82. The Hall–Kier alpha value is -1.12. The zero-order chi connectivity index (χ0) is 9.16. The number of carbonyl (C=O) groups is 2. The smallest absolute Gasteiger partial charge is 0.318 e. The molecule has 0 spiro atoms. The fourth-order valence-corrected chi connectivity index (χ4v) is 3.07. The Morgan fingerprint density at radius 2 is 2.00 bits per heavy atom. The molecule has 68 valence electrons. The van der Waals surface area contributed by atoms with E-state index in [9.17, 15) is 9.59 Å². The van der Waals surface area contributed by atoms with Gasteiger partial charge in [0.1, 0.15) is 0 Å². The zero-order valence-corrected chi connectivity index (χ0v) is 7.32. The Balaban J connectivity index is 2.08. The van der Waals surface area contributed by atoms with Crippen molar-refractivity contribution in [2.24, 2.45) is 23.7 Å². The first-order valence-corrected chi connectivity index (χ1v) is 4.62. The summed E-state index contributed by atoms with van der Waals surface area (Å²) < 4.78 is 4.65. The van der Waals surface area contributed by atoms with E-state index in [4.69, 9.17) is 0 Å². The van der Waals surface area contributed by atoms with Crippen molar-refractivity contribution in [3.8, 4) is 0 Å². The summed E-state index contributed by atoms with van der Waals surface area (Å²) in [7, 11) is 0. The van der Waals surface area contributed by atoms with Crippen molar-refractivity contribution in [3.05, 3.63) is 11.6 Å². The maximum Gasteiger partial charge on any atom is 0.318 e. The molecule has 3 nitrogen and oxygen atoms in total. The predicted octanol–water partition coefficient (Wildman–Crippen LogP) is 0.898. The lowest BCUT2D eigenvalue weighted by molar-refractivity contribution is -0.154.